The van der Waals surface area contributed by atoms with Crippen LogP contribution < -0.4 is 5.32 Å². The Morgan fingerprint density at radius 3 is 2.68 bits per heavy atom. The molecule has 1 atom stereocenters. The fourth-order valence-corrected chi connectivity index (χ4v) is 1.69. The Morgan fingerprint density at radius 2 is 2.16 bits per heavy atom. The van der Waals surface area contributed by atoms with Crippen LogP contribution in [0.1, 0.15) is 25.8 Å². The molecule has 1 aromatic carbocycles. The second-order valence-corrected chi connectivity index (χ2v) is 4.10. The number of carbonyl (C=O) groups excluding carboxylic acids is 1. The van der Waals surface area contributed by atoms with E-state index >= 15 is 0 Å². The second kappa shape index (κ2) is 6.84. The smallest absolute Gasteiger partial charge is 0.274 e. The molecule has 1 amide bonds. The minimum absolute atomic E-state index is 0.0118. The number of nitro benzene ring substituents is 1. The van der Waals surface area contributed by atoms with Gasteiger partial charge in [0.15, 0.2) is 0 Å². The van der Waals surface area contributed by atoms with Gasteiger partial charge in [-0.2, -0.15) is 0 Å². The summed E-state index contributed by atoms with van der Waals surface area (Å²) in [4.78, 5) is 22.2. The van der Waals surface area contributed by atoms with E-state index in [1.54, 1.807) is 19.1 Å². The fourth-order valence-electron chi connectivity index (χ4n) is 1.69. The van der Waals surface area contributed by atoms with Crippen molar-refractivity contribution in [2.45, 2.75) is 33.3 Å². The van der Waals surface area contributed by atoms with Crippen LogP contribution in [0.2, 0.25) is 0 Å². The monoisotopic (exact) mass is 266 g/mol. The van der Waals surface area contributed by atoms with E-state index in [1.165, 1.54) is 6.07 Å². The van der Waals surface area contributed by atoms with Gasteiger partial charge in [0.2, 0.25) is 0 Å². The predicted octanol–water partition coefficient (Wildman–Crippen LogP) is 2.66. The summed E-state index contributed by atoms with van der Waals surface area (Å²) in [5, 5.41) is 13.5. The molecule has 0 aliphatic heterocycles. The van der Waals surface area contributed by atoms with Crippen LogP contribution in [0.4, 0.5) is 11.4 Å². The molecule has 6 heteroatoms. The molecule has 0 aliphatic rings. The highest BCUT2D eigenvalue weighted by molar-refractivity contribution is 5.94. The lowest BCUT2D eigenvalue weighted by Gasteiger charge is -2.14. The van der Waals surface area contributed by atoms with Gasteiger partial charge in [0, 0.05) is 23.9 Å². The van der Waals surface area contributed by atoms with Crippen LogP contribution in [-0.2, 0) is 9.53 Å². The molecule has 0 aromatic heterocycles. The molecule has 6 nitrogen and oxygen atoms in total. The van der Waals surface area contributed by atoms with Gasteiger partial charge in [0.25, 0.3) is 11.6 Å². The van der Waals surface area contributed by atoms with Crippen LogP contribution in [0.3, 0.4) is 0 Å². The molecule has 19 heavy (non-hydrogen) atoms. The van der Waals surface area contributed by atoms with Gasteiger partial charge in [-0.3, -0.25) is 14.9 Å². The molecule has 1 N–H and O–H groups in total. The number of nitrogens with one attached hydrogen (secondary N) is 1. The quantitative estimate of drug-likeness (QED) is 0.634. The number of ether oxygens (including phenoxy) is 1. The van der Waals surface area contributed by atoms with E-state index in [4.69, 9.17) is 4.74 Å². The van der Waals surface area contributed by atoms with E-state index in [9.17, 15) is 14.9 Å². The highest BCUT2D eigenvalue weighted by Gasteiger charge is 2.18. The first-order valence-electron chi connectivity index (χ1n) is 6.17. The maximum Gasteiger partial charge on any atom is 0.274 e. The molecule has 0 spiro atoms. The van der Waals surface area contributed by atoms with E-state index in [0.29, 0.717) is 24.3 Å². The Bertz CT molecular complexity index is 474. The lowest BCUT2D eigenvalue weighted by atomic mass is 10.1. The molecule has 1 rings (SSSR count). The number of benzene rings is 1. The van der Waals surface area contributed by atoms with E-state index in [1.807, 2.05) is 13.8 Å². The number of hydrogen-bond donors (Lipinski definition) is 1. The Hall–Kier alpha value is -1.95. The van der Waals surface area contributed by atoms with Gasteiger partial charge in [-0.05, 0) is 26.3 Å². The molecule has 1 unspecified atom stereocenters. The Labute approximate surface area is 111 Å². The summed E-state index contributed by atoms with van der Waals surface area (Å²) in [7, 11) is 0. The van der Waals surface area contributed by atoms with Crippen molar-refractivity contribution in [3.05, 3.63) is 33.9 Å². The minimum Gasteiger partial charge on any atom is -0.369 e. The molecule has 1 aromatic rings. The highest BCUT2D eigenvalue weighted by atomic mass is 16.6. The van der Waals surface area contributed by atoms with E-state index in [0.717, 1.165) is 0 Å². The number of aryl methyl sites for hydroxylation is 1. The third kappa shape index (κ3) is 4.03. The zero-order valence-electron chi connectivity index (χ0n) is 11.3. The molecule has 0 bridgehead atoms. The van der Waals surface area contributed by atoms with Crippen molar-refractivity contribution in [2.75, 3.05) is 11.9 Å². The van der Waals surface area contributed by atoms with Crippen molar-refractivity contribution in [1.29, 1.82) is 0 Å². The van der Waals surface area contributed by atoms with Gasteiger partial charge in [-0.1, -0.05) is 13.0 Å². The van der Waals surface area contributed by atoms with Crippen LogP contribution in [0.5, 0.6) is 0 Å². The summed E-state index contributed by atoms with van der Waals surface area (Å²) in [6, 6.07) is 4.60. The largest absolute Gasteiger partial charge is 0.369 e. The van der Waals surface area contributed by atoms with E-state index in [2.05, 4.69) is 5.32 Å². The maximum absolute atomic E-state index is 11.9. The zero-order chi connectivity index (χ0) is 14.4. The summed E-state index contributed by atoms with van der Waals surface area (Å²) in [6.45, 7) is 5.75. The van der Waals surface area contributed by atoms with E-state index in [-0.39, 0.29) is 11.6 Å². The number of amides is 1. The Balaban J connectivity index is 2.85. The summed E-state index contributed by atoms with van der Waals surface area (Å²) in [5.41, 5.74) is 0.947. The third-order valence-electron chi connectivity index (χ3n) is 2.70. The predicted molar refractivity (Wildman–Crippen MR) is 72.2 cm³/mol. The van der Waals surface area contributed by atoms with Crippen LogP contribution in [0, 0.1) is 17.0 Å². The molecule has 0 radical (unpaired) electrons. The second-order valence-electron chi connectivity index (χ2n) is 4.10. The zero-order valence-corrected chi connectivity index (χ0v) is 11.3. The van der Waals surface area contributed by atoms with Gasteiger partial charge in [0.05, 0.1) is 4.92 Å². The van der Waals surface area contributed by atoms with Gasteiger partial charge in [-0.25, -0.2) is 0 Å². The summed E-state index contributed by atoms with van der Waals surface area (Å²) >= 11 is 0. The molecule has 0 saturated heterocycles. The highest BCUT2D eigenvalue weighted by Crippen LogP contribution is 2.22. The van der Waals surface area contributed by atoms with Crippen molar-refractivity contribution in [1.82, 2.24) is 0 Å². The van der Waals surface area contributed by atoms with Crippen molar-refractivity contribution in [2.24, 2.45) is 0 Å². The summed E-state index contributed by atoms with van der Waals surface area (Å²) in [6.07, 6.45) is 0.0125. The first kappa shape index (κ1) is 15.1. The number of carbonyl (C=O) groups is 1. The SMILES string of the molecule is CCOC(CC)C(=O)Nc1ccc(C)c([N+](=O)[O-])c1. The number of nitro groups is 1. The lowest BCUT2D eigenvalue weighted by Crippen LogP contribution is -2.29. The minimum atomic E-state index is -0.537. The maximum atomic E-state index is 11.9. The average Bonchev–Trinajstić information content (AvgIpc) is 2.37. The lowest BCUT2D eigenvalue weighted by molar-refractivity contribution is -0.385. The van der Waals surface area contributed by atoms with Crippen LogP contribution >= 0.6 is 0 Å². The first-order chi connectivity index (χ1) is 8.99. The van der Waals surface area contributed by atoms with Crippen molar-refractivity contribution in [3.63, 3.8) is 0 Å². The summed E-state index contributed by atoms with van der Waals surface area (Å²) < 4.78 is 5.28. The topological polar surface area (TPSA) is 81.5 Å². The Morgan fingerprint density at radius 1 is 1.47 bits per heavy atom. The van der Waals surface area contributed by atoms with E-state index < -0.39 is 11.0 Å². The third-order valence-corrected chi connectivity index (χ3v) is 2.70. The number of anilines is 1. The fraction of sp³-hybridized carbons (Fsp3) is 0.462. The number of nitrogens with zero attached hydrogens (tertiary/aromatic N) is 1. The van der Waals surface area contributed by atoms with Gasteiger partial charge in [-0.15, -0.1) is 0 Å². The molecule has 0 heterocycles. The van der Waals surface area contributed by atoms with Crippen molar-refractivity contribution < 1.29 is 14.5 Å². The normalized spacial score (nSPS) is 11.9. The molecular formula is C13H18N2O4. The number of hydrogen-bond acceptors (Lipinski definition) is 4. The van der Waals surface area contributed by atoms with Crippen molar-refractivity contribution in [3.8, 4) is 0 Å². The Kier molecular flexibility index (Phi) is 5.44. The first-order valence-corrected chi connectivity index (χ1v) is 6.17. The molecule has 0 aliphatic carbocycles. The van der Waals surface area contributed by atoms with Gasteiger partial charge in [0.1, 0.15) is 6.10 Å². The van der Waals surface area contributed by atoms with Gasteiger partial charge < -0.3 is 10.1 Å². The molecule has 104 valence electrons. The van der Waals surface area contributed by atoms with Gasteiger partial charge >= 0.3 is 0 Å². The molecular weight excluding hydrogens is 248 g/mol. The summed E-state index contributed by atoms with van der Waals surface area (Å²) in [5.74, 6) is -0.289. The standard InChI is InChI=1S/C13H18N2O4/c1-4-12(19-5-2)13(16)14-10-7-6-9(3)11(8-10)15(17)18/h6-8,12H,4-5H2,1-3H3,(H,14,16). The average molecular weight is 266 g/mol. The van der Waals surface area contributed by atoms with Crippen LogP contribution in [0.15, 0.2) is 18.2 Å². The molecule has 0 saturated carbocycles. The number of rotatable bonds is 6. The van der Waals surface area contributed by atoms with Crippen LogP contribution in [0.25, 0.3) is 0 Å². The molecule has 0 fully saturated rings. The van der Waals surface area contributed by atoms with Crippen molar-refractivity contribution >= 4 is 17.3 Å². The van der Waals surface area contributed by atoms with Crippen LogP contribution in [-0.4, -0.2) is 23.5 Å².